The van der Waals surface area contributed by atoms with Gasteiger partial charge in [0.15, 0.2) is 0 Å². The van der Waals surface area contributed by atoms with Gasteiger partial charge in [-0.15, -0.1) is 0 Å². The van der Waals surface area contributed by atoms with Gasteiger partial charge in [0.1, 0.15) is 0 Å². The summed E-state index contributed by atoms with van der Waals surface area (Å²) < 4.78 is 0. The Bertz CT molecular complexity index is 2920. The molecule has 1 atom stereocenters. The number of allylic oxidation sites excluding steroid dienone is 4. The third kappa shape index (κ3) is 9.39. The van der Waals surface area contributed by atoms with Gasteiger partial charge in [-0.2, -0.15) is 0 Å². The topological polar surface area (TPSA) is 0 Å². The van der Waals surface area contributed by atoms with Crippen LogP contribution >= 0.6 is 0 Å². The highest BCUT2D eigenvalue weighted by Crippen LogP contribution is 2.50. The largest absolute Gasteiger partial charge is 0.0836 e. The Morgan fingerprint density at radius 1 is 0.469 bits per heavy atom. The summed E-state index contributed by atoms with van der Waals surface area (Å²) in [4.78, 5) is 0. The van der Waals surface area contributed by atoms with Crippen molar-refractivity contribution in [1.82, 2.24) is 0 Å². The first-order valence-electron chi connectivity index (χ1n) is 23.6. The van der Waals surface area contributed by atoms with Crippen LogP contribution in [0.5, 0.6) is 0 Å². The average molecular weight is 833 g/mol. The lowest BCUT2D eigenvalue weighted by atomic mass is 9.80. The van der Waals surface area contributed by atoms with Crippen LogP contribution in [-0.4, -0.2) is 0 Å². The van der Waals surface area contributed by atoms with Crippen LogP contribution in [0.1, 0.15) is 97.4 Å². The van der Waals surface area contributed by atoms with E-state index < -0.39 is 0 Å². The van der Waals surface area contributed by atoms with Crippen molar-refractivity contribution in [2.45, 2.75) is 91.9 Å². The van der Waals surface area contributed by atoms with Crippen LogP contribution in [0.4, 0.5) is 0 Å². The summed E-state index contributed by atoms with van der Waals surface area (Å²) >= 11 is 0. The first kappa shape index (κ1) is 44.1. The molecule has 64 heavy (non-hydrogen) atoms. The Labute approximate surface area is 384 Å². The highest BCUT2D eigenvalue weighted by Gasteiger charge is 2.35. The molecule has 0 aliphatic heterocycles. The van der Waals surface area contributed by atoms with Crippen LogP contribution < -0.4 is 0 Å². The zero-order chi connectivity index (χ0) is 44.6. The van der Waals surface area contributed by atoms with E-state index in [1.165, 1.54) is 106 Å². The number of rotatable bonds is 8. The molecule has 0 aromatic heterocycles. The quantitative estimate of drug-likeness (QED) is 0.143. The van der Waals surface area contributed by atoms with Gasteiger partial charge in [0, 0.05) is 11.3 Å². The van der Waals surface area contributed by atoms with Gasteiger partial charge in [-0.3, -0.25) is 0 Å². The van der Waals surface area contributed by atoms with Crippen molar-refractivity contribution in [3.05, 3.63) is 239 Å². The van der Waals surface area contributed by atoms with Crippen molar-refractivity contribution in [2.24, 2.45) is 0 Å². The molecule has 0 fully saturated rings. The van der Waals surface area contributed by atoms with Crippen LogP contribution in [-0.2, 0) is 18.3 Å². The van der Waals surface area contributed by atoms with Gasteiger partial charge in [0.05, 0.1) is 0 Å². The van der Waals surface area contributed by atoms with E-state index in [4.69, 9.17) is 0 Å². The van der Waals surface area contributed by atoms with Gasteiger partial charge >= 0.3 is 0 Å². The number of fused-ring (bicyclic) bond motifs is 4. The lowest BCUT2D eigenvalue weighted by molar-refractivity contribution is 0.657. The summed E-state index contributed by atoms with van der Waals surface area (Å²) in [7, 11) is 0. The van der Waals surface area contributed by atoms with E-state index in [0.717, 1.165) is 25.7 Å². The summed E-state index contributed by atoms with van der Waals surface area (Å²) in [5.41, 5.74) is 22.3. The van der Waals surface area contributed by atoms with E-state index in [-0.39, 0.29) is 5.41 Å². The van der Waals surface area contributed by atoms with E-state index in [1.54, 1.807) is 0 Å². The molecule has 320 valence electrons. The fourth-order valence-electron chi connectivity index (χ4n) is 9.88. The Kier molecular flexibility index (Phi) is 13.7. The van der Waals surface area contributed by atoms with Crippen molar-refractivity contribution < 1.29 is 0 Å². The van der Waals surface area contributed by atoms with Gasteiger partial charge in [0.2, 0.25) is 0 Å². The van der Waals surface area contributed by atoms with Gasteiger partial charge in [-0.1, -0.05) is 246 Å². The molecule has 2 aliphatic rings. The highest BCUT2D eigenvalue weighted by molar-refractivity contribution is 5.98. The SMILES string of the molecule is CCCc1c(-c2ccc(C)cc2)cccc1-c1ccccc1C.CCCc1ccc(-c2ccccc2)c2ccccc12.Cc1ccc2c(c1)C(C)(C)c1cc(C3C=CC=CC3)ccc1-2. The van der Waals surface area contributed by atoms with E-state index >= 15 is 0 Å². The van der Waals surface area contributed by atoms with Crippen LogP contribution in [0.3, 0.4) is 0 Å². The highest BCUT2D eigenvalue weighted by atomic mass is 14.4. The minimum atomic E-state index is 0.0981. The fourth-order valence-corrected chi connectivity index (χ4v) is 9.88. The summed E-state index contributed by atoms with van der Waals surface area (Å²) in [6, 6.07) is 62.2. The molecule has 8 aromatic carbocycles. The second kappa shape index (κ2) is 19.9. The van der Waals surface area contributed by atoms with Crippen molar-refractivity contribution in [2.75, 3.05) is 0 Å². The molecule has 0 amide bonds. The molecule has 0 N–H and O–H groups in total. The second-order valence-electron chi connectivity index (χ2n) is 18.3. The minimum absolute atomic E-state index is 0.0981. The number of hydrogen-bond acceptors (Lipinski definition) is 0. The number of hydrogen-bond donors (Lipinski definition) is 0. The molecular weight excluding hydrogens is 769 g/mol. The summed E-state index contributed by atoms with van der Waals surface area (Å²) in [5, 5.41) is 2.75. The zero-order valence-electron chi connectivity index (χ0n) is 39.1. The molecule has 0 heteroatoms. The maximum absolute atomic E-state index is 2.44. The van der Waals surface area contributed by atoms with Gasteiger partial charge < -0.3 is 0 Å². The summed E-state index contributed by atoms with van der Waals surface area (Å²) in [5.74, 6) is 0.525. The lowest BCUT2D eigenvalue weighted by Gasteiger charge is -2.23. The van der Waals surface area contributed by atoms with E-state index in [2.05, 4.69) is 243 Å². The molecule has 0 radical (unpaired) electrons. The minimum Gasteiger partial charge on any atom is -0.0836 e. The molecule has 10 rings (SSSR count). The first-order valence-corrected chi connectivity index (χ1v) is 23.6. The third-order valence-corrected chi connectivity index (χ3v) is 13.4. The molecule has 0 spiro atoms. The van der Waals surface area contributed by atoms with Crippen LogP contribution in [0.25, 0.3) is 55.3 Å². The molecule has 0 nitrogen and oxygen atoms in total. The molecule has 8 aromatic rings. The Hall–Kier alpha value is -6.50. The molecule has 1 unspecified atom stereocenters. The molecule has 0 saturated carbocycles. The number of benzene rings is 8. The second-order valence-corrected chi connectivity index (χ2v) is 18.3. The van der Waals surface area contributed by atoms with Crippen LogP contribution in [0, 0.1) is 20.8 Å². The Balaban J connectivity index is 0.000000132. The molecular formula is C64H64. The predicted molar refractivity (Wildman–Crippen MR) is 279 cm³/mol. The van der Waals surface area contributed by atoms with Crippen molar-refractivity contribution in [1.29, 1.82) is 0 Å². The van der Waals surface area contributed by atoms with Crippen molar-refractivity contribution in [3.63, 3.8) is 0 Å². The predicted octanol–water partition coefficient (Wildman–Crippen LogP) is 18.0. The molecule has 0 heterocycles. The molecule has 0 bridgehead atoms. The van der Waals surface area contributed by atoms with Gasteiger partial charge in [-0.05, 0) is 129 Å². The summed E-state index contributed by atoms with van der Waals surface area (Å²) in [6.07, 6.45) is 14.6. The third-order valence-electron chi connectivity index (χ3n) is 13.4. The van der Waals surface area contributed by atoms with E-state index in [0.29, 0.717) is 5.92 Å². The lowest BCUT2D eigenvalue weighted by Crippen LogP contribution is -2.15. The van der Waals surface area contributed by atoms with Crippen molar-refractivity contribution >= 4 is 10.8 Å². The molecule has 2 aliphatic carbocycles. The van der Waals surface area contributed by atoms with Gasteiger partial charge in [-0.25, -0.2) is 0 Å². The maximum Gasteiger partial charge on any atom is 0.0159 e. The normalized spacial score (nSPS) is 14.2. The number of aryl methyl sites for hydroxylation is 4. The molecule has 0 saturated heterocycles. The monoisotopic (exact) mass is 833 g/mol. The van der Waals surface area contributed by atoms with E-state index in [1.807, 2.05) is 0 Å². The zero-order valence-corrected chi connectivity index (χ0v) is 39.1. The first-order chi connectivity index (χ1) is 31.2. The maximum atomic E-state index is 2.44. The van der Waals surface area contributed by atoms with E-state index in [9.17, 15) is 0 Å². The fraction of sp³-hybridized carbons (Fsp3) is 0.219. The van der Waals surface area contributed by atoms with Crippen LogP contribution in [0.15, 0.2) is 194 Å². The Morgan fingerprint density at radius 2 is 1.08 bits per heavy atom. The van der Waals surface area contributed by atoms with Gasteiger partial charge in [0.25, 0.3) is 0 Å². The van der Waals surface area contributed by atoms with Crippen LogP contribution in [0.2, 0.25) is 0 Å². The standard InChI is InChI=1S/C23H24.C22H22.C19H18/c1-4-8-22-21(19-15-13-17(2)14-16-19)11-7-12-23(22)20-10-6-5-9-18(20)3;1-15-9-11-18-19-12-10-17(16-7-5-4-6-8-16)14-21(19)22(2,3)20(18)13-15;1-2-8-15-13-14-18(16-9-4-3-5-10-16)19-12-7-6-11-17(15)19/h5-7,9-16H,4,8H2,1-3H3;4-7,9-14,16H,8H2,1-3H3;3-7,9-14H,2,8H2,1H3. The summed E-state index contributed by atoms with van der Waals surface area (Å²) in [6.45, 7) is 15.7. The smallest absolute Gasteiger partial charge is 0.0159 e. The Morgan fingerprint density at radius 3 is 1.80 bits per heavy atom. The average Bonchev–Trinajstić information content (AvgIpc) is 3.55. The van der Waals surface area contributed by atoms with Crippen molar-refractivity contribution in [3.8, 4) is 44.5 Å².